The third-order valence-corrected chi connectivity index (χ3v) is 2.03. The predicted molar refractivity (Wildman–Crippen MR) is 52.7 cm³/mol. The van der Waals surface area contributed by atoms with E-state index in [1.807, 2.05) is 6.07 Å². The van der Waals surface area contributed by atoms with Gasteiger partial charge in [-0.3, -0.25) is 0 Å². The van der Waals surface area contributed by atoms with Crippen molar-refractivity contribution >= 4 is 23.1 Å². The van der Waals surface area contributed by atoms with Crippen LogP contribution in [0.1, 0.15) is 11.1 Å². The molecule has 0 saturated carbocycles. The van der Waals surface area contributed by atoms with Crippen molar-refractivity contribution in [3.05, 3.63) is 42.0 Å². The second kappa shape index (κ2) is 4.10. The van der Waals surface area contributed by atoms with Gasteiger partial charge in [0.2, 0.25) is 0 Å². The maximum Gasteiger partial charge on any atom is 0.335 e. The van der Waals surface area contributed by atoms with Crippen molar-refractivity contribution in [2.45, 2.75) is 5.88 Å². The Morgan fingerprint density at radius 1 is 1.46 bits per heavy atom. The first-order chi connectivity index (χ1) is 6.16. The highest BCUT2D eigenvalue weighted by Gasteiger charge is 2.10. The SMILES string of the molecule is C=C(C(=O)O)c1ccccc1CCl. The van der Waals surface area contributed by atoms with Crippen LogP contribution in [0.2, 0.25) is 0 Å². The fourth-order valence-electron chi connectivity index (χ4n) is 1.05. The molecule has 0 heterocycles. The van der Waals surface area contributed by atoms with Gasteiger partial charge < -0.3 is 5.11 Å². The monoisotopic (exact) mass is 196 g/mol. The number of alkyl halides is 1. The van der Waals surface area contributed by atoms with E-state index in [1.54, 1.807) is 18.2 Å². The van der Waals surface area contributed by atoms with Gasteiger partial charge in [-0.05, 0) is 11.1 Å². The molecule has 0 aliphatic rings. The minimum absolute atomic E-state index is 0.0799. The average molecular weight is 197 g/mol. The van der Waals surface area contributed by atoms with E-state index in [-0.39, 0.29) is 5.57 Å². The smallest absolute Gasteiger partial charge is 0.335 e. The Morgan fingerprint density at radius 3 is 2.62 bits per heavy atom. The lowest BCUT2D eigenvalue weighted by atomic mass is 10.0. The summed E-state index contributed by atoms with van der Waals surface area (Å²) in [5, 5.41) is 8.71. The topological polar surface area (TPSA) is 37.3 Å². The van der Waals surface area contributed by atoms with Crippen LogP contribution in [0.15, 0.2) is 30.8 Å². The lowest BCUT2D eigenvalue weighted by molar-refractivity contribution is -0.130. The first-order valence-electron chi connectivity index (χ1n) is 3.73. The van der Waals surface area contributed by atoms with Crippen LogP contribution in [0, 0.1) is 0 Å². The molecular formula is C10H9ClO2. The van der Waals surface area contributed by atoms with Gasteiger partial charge in [0.05, 0.1) is 5.57 Å². The first kappa shape index (κ1) is 9.81. The van der Waals surface area contributed by atoms with E-state index in [0.717, 1.165) is 5.56 Å². The summed E-state index contributed by atoms with van der Waals surface area (Å²) < 4.78 is 0. The normalized spacial score (nSPS) is 9.62. The maximum atomic E-state index is 10.6. The predicted octanol–water partition coefficient (Wildman–Crippen LogP) is 2.52. The number of hydrogen-bond acceptors (Lipinski definition) is 1. The zero-order valence-corrected chi connectivity index (χ0v) is 7.71. The van der Waals surface area contributed by atoms with Gasteiger partial charge in [-0.25, -0.2) is 4.79 Å². The summed E-state index contributed by atoms with van der Waals surface area (Å²) in [6, 6.07) is 7.07. The lowest BCUT2D eigenvalue weighted by Crippen LogP contribution is -2.00. The second-order valence-electron chi connectivity index (χ2n) is 2.57. The van der Waals surface area contributed by atoms with Gasteiger partial charge in [-0.1, -0.05) is 30.8 Å². The Bertz CT molecular complexity index is 345. The van der Waals surface area contributed by atoms with Crippen LogP contribution in [0.25, 0.3) is 5.57 Å². The summed E-state index contributed by atoms with van der Waals surface area (Å²) in [6.07, 6.45) is 0. The van der Waals surface area contributed by atoms with Crippen LogP contribution in [0.4, 0.5) is 0 Å². The van der Waals surface area contributed by atoms with Crippen molar-refractivity contribution < 1.29 is 9.90 Å². The number of hydrogen-bond donors (Lipinski definition) is 1. The minimum Gasteiger partial charge on any atom is -0.478 e. The highest BCUT2D eigenvalue weighted by molar-refractivity contribution is 6.19. The summed E-state index contributed by atoms with van der Waals surface area (Å²) >= 11 is 5.65. The fourth-order valence-corrected chi connectivity index (χ4v) is 1.28. The van der Waals surface area contributed by atoms with Crippen molar-refractivity contribution in [3.63, 3.8) is 0 Å². The average Bonchev–Trinajstić information content (AvgIpc) is 2.16. The van der Waals surface area contributed by atoms with Gasteiger partial charge in [0, 0.05) is 5.88 Å². The van der Waals surface area contributed by atoms with E-state index in [9.17, 15) is 4.79 Å². The molecule has 0 fully saturated rings. The van der Waals surface area contributed by atoms with Crippen LogP contribution in [-0.4, -0.2) is 11.1 Å². The summed E-state index contributed by atoms with van der Waals surface area (Å²) in [5.41, 5.74) is 1.47. The van der Waals surface area contributed by atoms with Crippen molar-refractivity contribution in [3.8, 4) is 0 Å². The minimum atomic E-state index is -1.02. The molecule has 1 aromatic carbocycles. The molecule has 0 aliphatic carbocycles. The second-order valence-corrected chi connectivity index (χ2v) is 2.84. The van der Waals surface area contributed by atoms with Gasteiger partial charge in [0.25, 0.3) is 0 Å². The summed E-state index contributed by atoms with van der Waals surface area (Å²) in [4.78, 5) is 10.6. The fraction of sp³-hybridized carbons (Fsp3) is 0.100. The standard InChI is InChI=1S/C10H9ClO2/c1-7(10(12)13)9-5-3-2-4-8(9)6-11/h2-5H,1,6H2,(H,12,13). The van der Waals surface area contributed by atoms with Crippen molar-refractivity contribution in [1.82, 2.24) is 0 Å². The van der Waals surface area contributed by atoms with E-state index >= 15 is 0 Å². The van der Waals surface area contributed by atoms with E-state index in [1.165, 1.54) is 0 Å². The molecule has 0 bridgehead atoms. The van der Waals surface area contributed by atoms with Crippen LogP contribution >= 0.6 is 11.6 Å². The van der Waals surface area contributed by atoms with Gasteiger partial charge in [-0.2, -0.15) is 0 Å². The highest BCUT2D eigenvalue weighted by Crippen LogP contribution is 2.19. The Balaban J connectivity index is 3.13. The molecule has 2 nitrogen and oxygen atoms in total. The zero-order chi connectivity index (χ0) is 9.84. The molecule has 0 amide bonds. The third kappa shape index (κ3) is 2.10. The van der Waals surface area contributed by atoms with Gasteiger partial charge in [-0.15, -0.1) is 11.6 Å². The Kier molecular flexibility index (Phi) is 3.09. The van der Waals surface area contributed by atoms with E-state index < -0.39 is 5.97 Å². The van der Waals surface area contributed by atoms with Crippen molar-refractivity contribution in [2.75, 3.05) is 0 Å². The van der Waals surface area contributed by atoms with Crippen LogP contribution < -0.4 is 0 Å². The summed E-state index contributed by atoms with van der Waals surface area (Å²) in [6.45, 7) is 3.47. The molecule has 0 aliphatic heterocycles. The quantitative estimate of drug-likeness (QED) is 0.596. The molecule has 68 valence electrons. The largest absolute Gasteiger partial charge is 0.478 e. The van der Waals surface area contributed by atoms with Gasteiger partial charge in [0.1, 0.15) is 0 Å². The third-order valence-electron chi connectivity index (χ3n) is 1.74. The van der Waals surface area contributed by atoms with Crippen molar-refractivity contribution in [2.24, 2.45) is 0 Å². The number of benzene rings is 1. The van der Waals surface area contributed by atoms with Crippen LogP contribution in [-0.2, 0) is 10.7 Å². The van der Waals surface area contributed by atoms with Crippen molar-refractivity contribution in [1.29, 1.82) is 0 Å². The molecule has 0 aromatic heterocycles. The van der Waals surface area contributed by atoms with E-state index in [4.69, 9.17) is 16.7 Å². The first-order valence-corrected chi connectivity index (χ1v) is 4.26. The highest BCUT2D eigenvalue weighted by atomic mass is 35.5. The zero-order valence-electron chi connectivity index (χ0n) is 6.96. The number of rotatable bonds is 3. The molecule has 1 aromatic rings. The molecule has 0 unspecified atom stereocenters. The van der Waals surface area contributed by atoms with Crippen LogP contribution in [0.5, 0.6) is 0 Å². The Labute approximate surface area is 81.5 Å². The molecule has 0 spiro atoms. The number of carbonyl (C=O) groups is 1. The molecule has 0 atom stereocenters. The molecule has 0 radical (unpaired) electrons. The van der Waals surface area contributed by atoms with Crippen LogP contribution in [0.3, 0.4) is 0 Å². The molecule has 1 N–H and O–H groups in total. The number of aliphatic carboxylic acids is 1. The number of halogens is 1. The maximum absolute atomic E-state index is 10.6. The molecule has 3 heteroatoms. The summed E-state index contributed by atoms with van der Waals surface area (Å²) in [7, 11) is 0. The lowest BCUT2D eigenvalue weighted by Gasteiger charge is -2.05. The Morgan fingerprint density at radius 2 is 2.08 bits per heavy atom. The van der Waals surface area contributed by atoms with Gasteiger partial charge in [0.15, 0.2) is 0 Å². The Hall–Kier alpha value is -1.28. The molecule has 1 rings (SSSR count). The van der Waals surface area contributed by atoms with E-state index in [2.05, 4.69) is 6.58 Å². The molecule has 0 saturated heterocycles. The molecule has 13 heavy (non-hydrogen) atoms. The van der Waals surface area contributed by atoms with Gasteiger partial charge >= 0.3 is 5.97 Å². The van der Waals surface area contributed by atoms with E-state index in [0.29, 0.717) is 11.4 Å². The molecular weight excluding hydrogens is 188 g/mol. The number of carboxylic acids is 1. The number of carboxylic acid groups (broad SMARTS) is 1. The summed E-state index contributed by atoms with van der Waals surface area (Å²) in [5.74, 6) is -0.722.